The number of halogens is 3. The third-order valence-electron chi connectivity index (χ3n) is 2.61. The molecule has 0 atom stereocenters. The Balaban J connectivity index is 2.29. The van der Waals surface area contributed by atoms with Crippen molar-refractivity contribution in [1.29, 1.82) is 5.26 Å². The van der Waals surface area contributed by atoms with E-state index in [0.29, 0.717) is 0 Å². The second-order valence-corrected chi connectivity index (χ2v) is 4.02. The Morgan fingerprint density at radius 2 is 2.20 bits per heavy atom. The molecule has 2 aromatic rings. The smallest absolute Gasteiger partial charge is 0.365 e. The van der Waals surface area contributed by atoms with Crippen molar-refractivity contribution in [3.63, 3.8) is 0 Å². The van der Waals surface area contributed by atoms with Crippen molar-refractivity contribution >= 4 is 5.82 Å². The molecule has 8 heteroatoms. The summed E-state index contributed by atoms with van der Waals surface area (Å²) in [5, 5.41) is 15.1. The topological polar surface area (TPSA) is 66.5 Å². The van der Waals surface area contributed by atoms with Crippen LogP contribution in [0.1, 0.15) is 16.8 Å². The second-order valence-electron chi connectivity index (χ2n) is 4.02. The van der Waals surface area contributed by atoms with Crippen molar-refractivity contribution in [1.82, 2.24) is 14.8 Å². The molecule has 2 rings (SSSR count). The molecule has 2 aromatic heterocycles. The van der Waals surface area contributed by atoms with Crippen molar-refractivity contribution in [2.75, 3.05) is 5.32 Å². The minimum atomic E-state index is -4.66. The zero-order valence-electron chi connectivity index (χ0n) is 10.4. The first-order chi connectivity index (χ1) is 9.43. The summed E-state index contributed by atoms with van der Waals surface area (Å²) in [6.07, 6.45) is -1.48. The van der Waals surface area contributed by atoms with Crippen LogP contribution < -0.4 is 5.32 Å². The number of hydrogen-bond donors (Lipinski definition) is 1. The van der Waals surface area contributed by atoms with Crippen molar-refractivity contribution in [2.24, 2.45) is 7.05 Å². The number of pyridine rings is 1. The maximum Gasteiger partial charge on any atom is 0.436 e. The fourth-order valence-corrected chi connectivity index (χ4v) is 1.72. The quantitative estimate of drug-likeness (QED) is 0.937. The van der Waals surface area contributed by atoms with Crippen molar-refractivity contribution in [3.8, 4) is 6.07 Å². The normalized spacial score (nSPS) is 11.2. The second kappa shape index (κ2) is 5.21. The first-order valence-corrected chi connectivity index (χ1v) is 5.60. The van der Waals surface area contributed by atoms with Gasteiger partial charge in [-0.2, -0.15) is 23.5 Å². The van der Waals surface area contributed by atoms with Gasteiger partial charge in [0.1, 0.15) is 17.5 Å². The number of alkyl halides is 3. The fourth-order valence-electron chi connectivity index (χ4n) is 1.72. The van der Waals surface area contributed by atoms with Gasteiger partial charge in [-0.15, -0.1) is 0 Å². The van der Waals surface area contributed by atoms with E-state index in [1.807, 2.05) is 0 Å². The Hall–Kier alpha value is -2.56. The van der Waals surface area contributed by atoms with E-state index in [1.54, 1.807) is 30.6 Å². The Kier molecular flexibility index (Phi) is 3.61. The molecular weight excluding hydrogens is 271 g/mol. The monoisotopic (exact) mass is 281 g/mol. The maximum absolute atomic E-state index is 12.7. The molecule has 0 amide bonds. The van der Waals surface area contributed by atoms with E-state index < -0.39 is 17.4 Å². The molecule has 0 spiro atoms. The van der Waals surface area contributed by atoms with E-state index in [1.165, 1.54) is 7.05 Å². The lowest BCUT2D eigenvalue weighted by Crippen LogP contribution is -2.08. The lowest BCUT2D eigenvalue weighted by Gasteiger charge is -2.06. The number of aryl methyl sites for hydroxylation is 1. The Morgan fingerprint density at radius 3 is 2.75 bits per heavy atom. The largest absolute Gasteiger partial charge is 0.436 e. The van der Waals surface area contributed by atoms with E-state index in [0.717, 1.165) is 10.2 Å². The average molecular weight is 281 g/mol. The van der Waals surface area contributed by atoms with E-state index in [-0.39, 0.29) is 12.4 Å². The van der Waals surface area contributed by atoms with Gasteiger partial charge in [0.25, 0.3) is 0 Å². The summed E-state index contributed by atoms with van der Waals surface area (Å²) < 4.78 is 39.2. The van der Waals surface area contributed by atoms with Gasteiger partial charge in [0, 0.05) is 26.0 Å². The average Bonchev–Trinajstić information content (AvgIpc) is 2.74. The van der Waals surface area contributed by atoms with Gasteiger partial charge in [0.05, 0.1) is 0 Å². The Labute approximate surface area is 112 Å². The third kappa shape index (κ3) is 2.71. The van der Waals surface area contributed by atoms with Crippen LogP contribution in [-0.2, 0) is 19.8 Å². The molecule has 0 bridgehead atoms. The third-order valence-corrected chi connectivity index (χ3v) is 2.61. The standard InChI is InChI=1S/C12H10F3N5/c1-20-11(18-7-8-3-2-4-17-6-8)9(5-16)10(19-20)12(13,14)15/h2-4,6,18H,7H2,1H3. The summed E-state index contributed by atoms with van der Waals surface area (Å²) in [6, 6.07) is 5.03. The summed E-state index contributed by atoms with van der Waals surface area (Å²) in [4.78, 5) is 3.90. The fraction of sp³-hybridized carbons (Fsp3) is 0.250. The molecule has 104 valence electrons. The molecule has 0 saturated heterocycles. The molecule has 0 saturated carbocycles. The van der Waals surface area contributed by atoms with Crippen LogP contribution in [0.15, 0.2) is 24.5 Å². The van der Waals surface area contributed by atoms with Gasteiger partial charge in [-0.05, 0) is 11.6 Å². The number of hydrogen-bond acceptors (Lipinski definition) is 4. The van der Waals surface area contributed by atoms with E-state index >= 15 is 0 Å². The Morgan fingerprint density at radius 1 is 1.45 bits per heavy atom. The number of nitrogens with zero attached hydrogens (tertiary/aromatic N) is 4. The minimum absolute atomic E-state index is 0.0312. The molecule has 0 radical (unpaired) electrons. The van der Waals surface area contributed by atoms with Gasteiger partial charge in [0.15, 0.2) is 5.69 Å². The maximum atomic E-state index is 12.7. The zero-order chi connectivity index (χ0) is 14.8. The molecular formula is C12H10F3N5. The molecule has 0 aliphatic rings. The molecule has 5 nitrogen and oxygen atoms in total. The highest BCUT2D eigenvalue weighted by molar-refractivity contribution is 5.56. The molecule has 2 heterocycles. The van der Waals surface area contributed by atoms with Crippen LogP contribution in [-0.4, -0.2) is 14.8 Å². The number of nitriles is 1. The van der Waals surface area contributed by atoms with E-state index in [9.17, 15) is 13.2 Å². The highest BCUT2D eigenvalue weighted by Gasteiger charge is 2.39. The van der Waals surface area contributed by atoms with Crippen molar-refractivity contribution in [2.45, 2.75) is 12.7 Å². The molecule has 0 unspecified atom stereocenters. The predicted octanol–water partition coefficient (Wildman–Crippen LogP) is 2.32. The van der Waals surface area contributed by atoms with Gasteiger partial charge >= 0.3 is 6.18 Å². The van der Waals surface area contributed by atoms with Crippen LogP contribution in [0.2, 0.25) is 0 Å². The number of rotatable bonds is 3. The summed E-state index contributed by atoms with van der Waals surface area (Å²) in [5.74, 6) is 0.0312. The number of nitrogens with one attached hydrogen (secondary N) is 1. The summed E-state index contributed by atoms with van der Waals surface area (Å²) in [6.45, 7) is 0.249. The van der Waals surface area contributed by atoms with E-state index in [4.69, 9.17) is 5.26 Å². The first kappa shape index (κ1) is 13.9. The molecule has 0 aromatic carbocycles. The lowest BCUT2D eigenvalue weighted by atomic mass is 10.2. The predicted molar refractivity (Wildman–Crippen MR) is 64.5 cm³/mol. The lowest BCUT2D eigenvalue weighted by molar-refractivity contribution is -0.141. The van der Waals surface area contributed by atoms with Crippen molar-refractivity contribution < 1.29 is 13.2 Å². The summed E-state index contributed by atoms with van der Waals surface area (Å²) in [7, 11) is 1.35. The van der Waals surface area contributed by atoms with Crippen molar-refractivity contribution in [3.05, 3.63) is 41.3 Å². The highest BCUT2D eigenvalue weighted by Crippen LogP contribution is 2.33. The summed E-state index contributed by atoms with van der Waals surface area (Å²) in [5.41, 5.74) is -0.911. The molecule has 0 aliphatic heterocycles. The van der Waals surface area contributed by atoms with Crippen LogP contribution in [0.5, 0.6) is 0 Å². The van der Waals surface area contributed by atoms with Crippen LogP contribution in [0.4, 0.5) is 19.0 Å². The summed E-state index contributed by atoms with van der Waals surface area (Å²) >= 11 is 0. The van der Waals surface area contributed by atoms with Gasteiger partial charge in [-0.1, -0.05) is 6.07 Å². The highest BCUT2D eigenvalue weighted by atomic mass is 19.4. The Bertz CT molecular complexity index is 640. The molecule has 0 aliphatic carbocycles. The number of aromatic nitrogens is 3. The van der Waals surface area contributed by atoms with Crippen LogP contribution in [0, 0.1) is 11.3 Å². The van der Waals surface area contributed by atoms with E-state index in [2.05, 4.69) is 15.4 Å². The molecule has 20 heavy (non-hydrogen) atoms. The van der Waals surface area contributed by atoms with Gasteiger partial charge < -0.3 is 5.32 Å². The molecule has 0 fully saturated rings. The van der Waals surface area contributed by atoms with Crippen LogP contribution in [0.3, 0.4) is 0 Å². The van der Waals surface area contributed by atoms with Crippen LogP contribution in [0.25, 0.3) is 0 Å². The van der Waals surface area contributed by atoms with Gasteiger partial charge in [-0.3, -0.25) is 9.67 Å². The zero-order valence-corrected chi connectivity index (χ0v) is 10.4. The number of anilines is 1. The SMILES string of the molecule is Cn1nc(C(F)(F)F)c(C#N)c1NCc1cccnc1. The molecule has 1 N–H and O–H groups in total. The van der Waals surface area contributed by atoms with Crippen LogP contribution >= 0.6 is 0 Å². The van der Waals surface area contributed by atoms with Gasteiger partial charge in [0.2, 0.25) is 0 Å². The van der Waals surface area contributed by atoms with Gasteiger partial charge in [-0.25, -0.2) is 0 Å². The minimum Gasteiger partial charge on any atom is -0.365 e. The first-order valence-electron chi connectivity index (χ1n) is 5.60.